The van der Waals surface area contributed by atoms with Crippen LogP contribution in [0.15, 0.2) is 16.0 Å². The number of rotatable bonds is 2. The summed E-state index contributed by atoms with van der Waals surface area (Å²) in [6.45, 7) is 1.93. The SMILES string of the molecule is Cc1ncc(-c2nc3c(C=O)scc3o2)s1. The van der Waals surface area contributed by atoms with E-state index in [0.29, 0.717) is 21.9 Å². The van der Waals surface area contributed by atoms with Crippen LogP contribution < -0.4 is 0 Å². The lowest BCUT2D eigenvalue weighted by Gasteiger charge is -1.84. The molecule has 0 atom stereocenters. The number of aromatic nitrogens is 2. The van der Waals surface area contributed by atoms with Gasteiger partial charge >= 0.3 is 0 Å². The summed E-state index contributed by atoms with van der Waals surface area (Å²) < 4.78 is 5.56. The van der Waals surface area contributed by atoms with Crippen molar-refractivity contribution >= 4 is 40.1 Å². The van der Waals surface area contributed by atoms with E-state index in [9.17, 15) is 4.79 Å². The fourth-order valence-corrected chi connectivity index (χ4v) is 2.82. The van der Waals surface area contributed by atoms with E-state index in [1.165, 1.54) is 22.7 Å². The predicted octanol–water partition coefficient (Wildman–Crippen LogP) is 3.13. The van der Waals surface area contributed by atoms with Gasteiger partial charge in [-0.15, -0.1) is 22.7 Å². The first-order chi connectivity index (χ1) is 7.78. The molecule has 3 heterocycles. The number of thiazole rings is 1. The lowest BCUT2D eigenvalue weighted by atomic mass is 10.4. The third-order valence-corrected chi connectivity index (χ3v) is 3.89. The van der Waals surface area contributed by atoms with Gasteiger partial charge in [0.1, 0.15) is 10.4 Å². The lowest BCUT2D eigenvalue weighted by molar-refractivity contribution is 0.112. The minimum atomic E-state index is 0.534. The first-order valence-corrected chi connectivity index (χ1v) is 6.23. The molecule has 0 unspecified atom stereocenters. The van der Waals surface area contributed by atoms with Crippen LogP contribution in [0.4, 0.5) is 0 Å². The van der Waals surface area contributed by atoms with Gasteiger partial charge in [0.25, 0.3) is 0 Å². The molecule has 3 aromatic heterocycles. The Hall–Kier alpha value is -1.53. The number of fused-ring (bicyclic) bond motifs is 1. The Labute approximate surface area is 98.6 Å². The molecule has 6 heteroatoms. The first kappa shape index (κ1) is 9.68. The van der Waals surface area contributed by atoms with E-state index in [4.69, 9.17) is 4.42 Å². The highest BCUT2D eigenvalue weighted by molar-refractivity contribution is 7.15. The molecular formula is C10H6N2O2S2. The van der Waals surface area contributed by atoms with Crippen molar-refractivity contribution in [2.24, 2.45) is 0 Å². The summed E-state index contributed by atoms with van der Waals surface area (Å²) in [5.41, 5.74) is 1.30. The van der Waals surface area contributed by atoms with E-state index in [1.807, 2.05) is 6.92 Å². The molecule has 0 fully saturated rings. The molecule has 0 aliphatic heterocycles. The zero-order valence-corrected chi connectivity index (χ0v) is 9.89. The molecule has 0 spiro atoms. The van der Waals surface area contributed by atoms with Gasteiger partial charge in [-0.2, -0.15) is 0 Å². The average Bonchev–Trinajstić information content (AvgIpc) is 2.90. The fourth-order valence-electron chi connectivity index (χ4n) is 1.41. The number of hydrogen-bond acceptors (Lipinski definition) is 6. The maximum atomic E-state index is 10.8. The maximum Gasteiger partial charge on any atom is 0.239 e. The summed E-state index contributed by atoms with van der Waals surface area (Å²) in [7, 11) is 0. The minimum absolute atomic E-state index is 0.534. The van der Waals surface area contributed by atoms with Crippen molar-refractivity contribution < 1.29 is 9.21 Å². The maximum absolute atomic E-state index is 10.8. The van der Waals surface area contributed by atoms with Crippen molar-refractivity contribution in [3.05, 3.63) is 21.5 Å². The summed E-state index contributed by atoms with van der Waals surface area (Å²) in [5.74, 6) is 0.534. The number of hydrogen-bond donors (Lipinski definition) is 0. The summed E-state index contributed by atoms with van der Waals surface area (Å²) in [6.07, 6.45) is 2.53. The largest absolute Gasteiger partial charge is 0.434 e. The van der Waals surface area contributed by atoms with Crippen LogP contribution in [-0.4, -0.2) is 16.3 Å². The molecule has 80 valence electrons. The summed E-state index contributed by atoms with van der Waals surface area (Å²) in [6, 6.07) is 0. The molecule has 0 bridgehead atoms. The Balaban J connectivity index is 2.18. The van der Waals surface area contributed by atoms with Crippen molar-refractivity contribution in [1.82, 2.24) is 9.97 Å². The second-order valence-electron chi connectivity index (χ2n) is 3.19. The van der Waals surface area contributed by atoms with Crippen molar-refractivity contribution in [1.29, 1.82) is 0 Å². The van der Waals surface area contributed by atoms with Gasteiger partial charge in [-0.1, -0.05) is 0 Å². The third-order valence-electron chi connectivity index (χ3n) is 2.12. The van der Waals surface area contributed by atoms with E-state index in [-0.39, 0.29) is 0 Å². The molecule has 0 aliphatic rings. The second kappa shape index (κ2) is 3.50. The molecule has 3 aromatic rings. The van der Waals surface area contributed by atoms with Gasteiger partial charge in [0.15, 0.2) is 11.9 Å². The zero-order chi connectivity index (χ0) is 11.1. The van der Waals surface area contributed by atoms with E-state index in [0.717, 1.165) is 16.2 Å². The molecule has 0 saturated heterocycles. The van der Waals surface area contributed by atoms with Crippen molar-refractivity contribution in [2.45, 2.75) is 6.92 Å². The van der Waals surface area contributed by atoms with Crippen LogP contribution in [0.1, 0.15) is 14.7 Å². The summed E-state index contributed by atoms with van der Waals surface area (Å²) in [5, 5.41) is 2.76. The topological polar surface area (TPSA) is 56.0 Å². The average molecular weight is 250 g/mol. The Morgan fingerprint density at radius 2 is 2.38 bits per heavy atom. The molecule has 0 amide bonds. The summed E-state index contributed by atoms with van der Waals surface area (Å²) >= 11 is 2.86. The van der Waals surface area contributed by atoms with Gasteiger partial charge in [0.2, 0.25) is 5.89 Å². The van der Waals surface area contributed by atoms with Crippen LogP contribution in [0.5, 0.6) is 0 Å². The van der Waals surface area contributed by atoms with E-state index in [1.54, 1.807) is 11.6 Å². The number of thiophene rings is 1. The smallest absolute Gasteiger partial charge is 0.239 e. The van der Waals surface area contributed by atoms with E-state index < -0.39 is 0 Å². The van der Waals surface area contributed by atoms with Crippen LogP contribution in [0.2, 0.25) is 0 Å². The number of carbonyl (C=O) groups is 1. The quantitative estimate of drug-likeness (QED) is 0.656. The lowest BCUT2D eigenvalue weighted by Crippen LogP contribution is -1.74. The normalized spacial score (nSPS) is 11.1. The summed E-state index contributed by atoms with van der Waals surface area (Å²) in [4.78, 5) is 20.7. The van der Waals surface area contributed by atoms with Gasteiger partial charge in [-0.05, 0) is 6.92 Å². The molecule has 4 nitrogen and oxygen atoms in total. The predicted molar refractivity (Wildman–Crippen MR) is 63.1 cm³/mol. The van der Waals surface area contributed by atoms with Gasteiger partial charge in [-0.25, -0.2) is 9.97 Å². The van der Waals surface area contributed by atoms with Crippen LogP contribution in [-0.2, 0) is 0 Å². The molecular weight excluding hydrogens is 244 g/mol. The number of aryl methyl sites for hydroxylation is 1. The number of aldehydes is 1. The van der Waals surface area contributed by atoms with Crippen molar-refractivity contribution in [2.75, 3.05) is 0 Å². The van der Waals surface area contributed by atoms with E-state index >= 15 is 0 Å². The molecule has 0 radical (unpaired) electrons. The Morgan fingerprint density at radius 3 is 3.06 bits per heavy atom. The Bertz CT molecular complexity index is 665. The van der Waals surface area contributed by atoms with Crippen molar-refractivity contribution in [3.63, 3.8) is 0 Å². The van der Waals surface area contributed by atoms with Crippen LogP contribution >= 0.6 is 22.7 Å². The highest BCUT2D eigenvalue weighted by Gasteiger charge is 2.14. The highest BCUT2D eigenvalue weighted by Crippen LogP contribution is 2.31. The van der Waals surface area contributed by atoms with Gasteiger partial charge in [-0.3, -0.25) is 4.79 Å². The van der Waals surface area contributed by atoms with Gasteiger partial charge in [0.05, 0.1) is 16.1 Å². The first-order valence-electron chi connectivity index (χ1n) is 4.54. The van der Waals surface area contributed by atoms with Crippen LogP contribution in [0.25, 0.3) is 21.9 Å². The highest BCUT2D eigenvalue weighted by atomic mass is 32.1. The molecule has 0 saturated carbocycles. The minimum Gasteiger partial charge on any atom is -0.434 e. The zero-order valence-electron chi connectivity index (χ0n) is 8.26. The molecule has 0 aromatic carbocycles. The van der Waals surface area contributed by atoms with Gasteiger partial charge < -0.3 is 4.42 Å². The monoisotopic (exact) mass is 250 g/mol. The number of oxazole rings is 1. The standard InChI is InChI=1S/C10H6N2O2S2/c1-5-11-2-7(16-5)10-12-9-6(14-10)4-15-8(9)3-13/h2-4H,1H3. The fraction of sp³-hybridized carbons (Fsp3) is 0.100. The van der Waals surface area contributed by atoms with Crippen LogP contribution in [0, 0.1) is 6.92 Å². The van der Waals surface area contributed by atoms with E-state index in [2.05, 4.69) is 9.97 Å². The molecule has 0 N–H and O–H groups in total. The van der Waals surface area contributed by atoms with Crippen LogP contribution in [0.3, 0.4) is 0 Å². The molecule has 3 rings (SSSR count). The second-order valence-corrected chi connectivity index (χ2v) is 5.34. The Morgan fingerprint density at radius 1 is 1.50 bits per heavy atom. The number of carbonyl (C=O) groups excluding carboxylic acids is 1. The molecule has 16 heavy (non-hydrogen) atoms. The van der Waals surface area contributed by atoms with Gasteiger partial charge in [0, 0.05) is 5.38 Å². The van der Waals surface area contributed by atoms with Crippen molar-refractivity contribution in [3.8, 4) is 10.8 Å². The Kier molecular flexibility index (Phi) is 2.12. The number of nitrogens with zero attached hydrogens (tertiary/aromatic N) is 2. The third kappa shape index (κ3) is 1.38. The molecule has 0 aliphatic carbocycles.